The minimum atomic E-state index is 0.254. The molecule has 0 saturated heterocycles. The third-order valence-corrected chi connectivity index (χ3v) is 4.94. The van der Waals surface area contributed by atoms with Gasteiger partial charge >= 0.3 is 0 Å². The molecule has 3 rings (SSSR count). The van der Waals surface area contributed by atoms with Crippen LogP contribution in [-0.4, -0.2) is 20.5 Å². The third kappa shape index (κ3) is 4.14. The Kier molecular flexibility index (Phi) is 4.65. The molecule has 6 heteroatoms. The number of phenolic OH excluding ortho intramolecular Hbond substituents is 1. The maximum absolute atomic E-state index is 9.22. The molecule has 1 aromatic heterocycles. The Morgan fingerprint density at radius 3 is 2.76 bits per heavy atom. The lowest BCUT2D eigenvalue weighted by Gasteiger charge is -2.05. The normalized spacial score (nSPS) is 15.4. The first kappa shape index (κ1) is 14.3. The molecule has 1 heterocycles. The van der Waals surface area contributed by atoms with Gasteiger partial charge in [0.25, 0.3) is 0 Å². The number of hydrogen-bond acceptors (Lipinski definition) is 6. The second-order valence-corrected chi connectivity index (χ2v) is 6.51. The molecule has 0 radical (unpaired) electrons. The van der Waals surface area contributed by atoms with Gasteiger partial charge in [-0.2, -0.15) is 16.7 Å². The molecular formula is C15H19N3O2S. The Hall–Kier alpha value is -1.69. The van der Waals surface area contributed by atoms with E-state index in [0.29, 0.717) is 12.4 Å². The van der Waals surface area contributed by atoms with Gasteiger partial charge < -0.3 is 14.9 Å². The van der Waals surface area contributed by atoms with Crippen molar-refractivity contribution in [2.45, 2.75) is 43.2 Å². The highest BCUT2D eigenvalue weighted by molar-refractivity contribution is 7.99. The van der Waals surface area contributed by atoms with Gasteiger partial charge in [-0.1, -0.05) is 18.0 Å². The number of thioether (sulfide) groups is 1. The summed E-state index contributed by atoms with van der Waals surface area (Å²) in [6, 6.07) is 6.89. The number of nitrogens with one attached hydrogen (secondary N) is 1. The van der Waals surface area contributed by atoms with E-state index in [1.807, 2.05) is 23.9 Å². The van der Waals surface area contributed by atoms with Crippen molar-refractivity contribution in [3.63, 3.8) is 0 Å². The van der Waals surface area contributed by atoms with Crippen LogP contribution in [0.1, 0.15) is 37.4 Å². The van der Waals surface area contributed by atoms with Gasteiger partial charge in [0.05, 0.1) is 12.3 Å². The lowest BCUT2D eigenvalue weighted by Crippen LogP contribution is -2.00. The fourth-order valence-corrected chi connectivity index (χ4v) is 3.59. The van der Waals surface area contributed by atoms with Gasteiger partial charge in [-0.05, 0) is 37.1 Å². The Morgan fingerprint density at radius 2 is 2.00 bits per heavy atom. The molecule has 1 aliphatic carbocycles. The van der Waals surface area contributed by atoms with Gasteiger partial charge in [0.15, 0.2) is 5.82 Å². The average Bonchev–Trinajstić information content (AvgIpc) is 3.16. The van der Waals surface area contributed by atoms with E-state index in [0.717, 1.165) is 22.5 Å². The van der Waals surface area contributed by atoms with E-state index in [4.69, 9.17) is 4.52 Å². The van der Waals surface area contributed by atoms with Crippen molar-refractivity contribution in [2.75, 3.05) is 5.32 Å². The summed E-state index contributed by atoms with van der Waals surface area (Å²) in [6.07, 6.45) is 5.34. The quantitative estimate of drug-likeness (QED) is 0.795. The first-order valence-corrected chi connectivity index (χ1v) is 8.30. The van der Waals surface area contributed by atoms with Crippen molar-refractivity contribution in [3.8, 4) is 5.75 Å². The summed E-state index contributed by atoms with van der Waals surface area (Å²) >= 11 is 1.93. The van der Waals surface area contributed by atoms with Crippen molar-refractivity contribution in [1.82, 2.24) is 10.1 Å². The molecule has 21 heavy (non-hydrogen) atoms. The second-order valence-electron chi connectivity index (χ2n) is 5.22. The van der Waals surface area contributed by atoms with Gasteiger partial charge in [0.1, 0.15) is 5.75 Å². The summed E-state index contributed by atoms with van der Waals surface area (Å²) in [7, 11) is 0. The van der Waals surface area contributed by atoms with E-state index in [1.165, 1.54) is 25.7 Å². The standard InChI is InChI=1S/C15H19N3O2S/c19-12-7-5-11(6-8-12)16-9-15-17-14(18-20-15)10-21-13-3-1-2-4-13/h5-8,13,16,19H,1-4,9-10H2. The summed E-state index contributed by atoms with van der Waals surface area (Å²) in [5.41, 5.74) is 0.910. The fourth-order valence-electron chi connectivity index (χ4n) is 2.42. The summed E-state index contributed by atoms with van der Waals surface area (Å²) in [4.78, 5) is 4.39. The molecule has 0 spiro atoms. The molecule has 0 unspecified atom stereocenters. The predicted octanol–water partition coefficient (Wildman–Crippen LogP) is 3.56. The van der Waals surface area contributed by atoms with Gasteiger partial charge in [-0.15, -0.1) is 0 Å². The van der Waals surface area contributed by atoms with E-state index >= 15 is 0 Å². The molecule has 0 amide bonds. The topological polar surface area (TPSA) is 71.2 Å². The van der Waals surface area contributed by atoms with E-state index in [2.05, 4.69) is 15.5 Å². The first-order valence-electron chi connectivity index (χ1n) is 7.25. The number of hydrogen-bond donors (Lipinski definition) is 2. The SMILES string of the molecule is Oc1ccc(NCc2nc(CSC3CCCC3)no2)cc1. The predicted molar refractivity (Wildman–Crippen MR) is 83.3 cm³/mol. The highest BCUT2D eigenvalue weighted by Gasteiger charge is 2.16. The van der Waals surface area contributed by atoms with E-state index < -0.39 is 0 Å². The zero-order valence-electron chi connectivity index (χ0n) is 11.8. The van der Waals surface area contributed by atoms with Crippen LogP contribution in [0.5, 0.6) is 5.75 Å². The summed E-state index contributed by atoms with van der Waals surface area (Å²) in [5, 5.41) is 17.2. The molecule has 1 fully saturated rings. The zero-order valence-corrected chi connectivity index (χ0v) is 12.6. The highest BCUT2D eigenvalue weighted by atomic mass is 32.2. The van der Waals surface area contributed by atoms with Crippen molar-refractivity contribution in [1.29, 1.82) is 0 Å². The van der Waals surface area contributed by atoms with Crippen LogP contribution in [0.3, 0.4) is 0 Å². The molecule has 2 aromatic rings. The number of nitrogens with zero attached hydrogens (tertiary/aromatic N) is 2. The summed E-state index contributed by atoms with van der Waals surface area (Å²) < 4.78 is 5.24. The lowest BCUT2D eigenvalue weighted by atomic mass is 10.3. The van der Waals surface area contributed by atoms with Crippen LogP contribution in [0.25, 0.3) is 0 Å². The molecule has 0 atom stereocenters. The Labute approximate surface area is 128 Å². The molecule has 0 aliphatic heterocycles. The monoisotopic (exact) mass is 305 g/mol. The second kappa shape index (κ2) is 6.85. The molecule has 112 valence electrons. The number of anilines is 1. The first-order chi connectivity index (χ1) is 10.3. The summed E-state index contributed by atoms with van der Waals surface area (Å²) in [6.45, 7) is 0.492. The number of aromatic hydroxyl groups is 1. The van der Waals surface area contributed by atoms with Gasteiger partial charge in [0.2, 0.25) is 5.89 Å². The minimum Gasteiger partial charge on any atom is -0.508 e. The van der Waals surface area contributed by atoms with E-state index in [1.54, 1.807) is 12.1 Å². The number of aromatic nitrogens is 2. The number of phenols is 1. The van der Waals surface area contributed by atoms with Crippen LogP contribution in [0.2, 0.25) is 0 Å². The molecule has 2 N–H and O–H groups in total. The van der Waals surface area contributed by atoms with Gasteiger partial charge in [-0.3, -0.25) is 0 Å². The van der Waals surface area contributed by atoms with Crippen molar-refractivity contribution in [2.24, 2.45) is 0 Å². The molecule has 1 saturated carbocycles. The van der Waals surface area contributed by atoms with Crippen LogP contribution in [0.15, 0.2) is 28.8 Å². The third-order valence-electron chi connectivity index (χ3n) is 3.57. The van der Waals surface area contributed by atoms with Crippen LogP contribution in [-0.2, 0) is 12.3 Å². The van der Waals surface area contributed by atoms with E-state index in [-0.39, 0.29) is 5.75 Å². The van der Waals surface area contributed by atoms with Crippen LogP contribution in [0.4, 0.5) is 5.69 Å². The lowest BCUT2D eigenvalue weighted by molar-refractivity contribution is 0.379. The van der Waals surface area contributed by atoms with Gasteiger partial charge in [-0.25, -0.2) is 0 Å². The number of benzene rings is 1. The molecular weight excluding hydrogens is 286 g/mol. The van der Waals surface area contributed by atoms with Crippen LogP contribution < -0.4 is 5.32 Å². The molecule has 5 nitrogen and oxygen atoms in total. The maximum Gasteiger partial charge on any atom is 0.245 e. The maximum atomic E-state index is 9.22. The van der Waals surface area contributed by atoms with E-state index in [9.17, 15) is 5.11 Å². The van der Waals surface area contributed by atoms with Crippen molar-refractivity contribution < 1.29 is 9.63 Å². The van der Waals surface area contributed by atoms with Crippen LogP contribution >= 0.6 is 11.8 Å². The Balaban J connectivity index is 1.46. The number of rotatable bonds is 6. The van der Waals surface area contributed by atoms with Gasteiger partial charge in [0, 0.05) is 10.9 Å². The fraction of sp³-hybridized carbons (Fsp3) is 0.467. The average molecular weight is 305 g/mol. The minimum absolute atomic E-state index is 0.254. The molecule has 1 aromatic carbocycles. The summed E-state index contributed by atoms with van der Waals surface area (Å²) in [5.74, 6) is 2.44. The molecule has 0 bridgehead atoms. The zero-order chi connectivity index (χ0) is 14.5. The Morgan fingerprint density at radius 1 is 1.24 bits per heavy atom. The smallest absolute Gasteiger partial charge is 0.245 e. The highest BCUT2D eigenvalue weighted by Crippen LogP contribution is 2.30. The molecule has 1 aliphatic rings. The van der Waals surface area contributed by atoms with Crippen molar-refractivity contribution >= 4 is 17.4 Å². The Bertz CT molecular complexity index is 565. The largest absolute Gasteiger partial charge is 0.508 e. The van der Waals surface area contributed by atoms with Crippen molar-refractivity contribution in [3.05, 3.63) is 36.0 Å². The van der Waals surface area contributed by atoms with Crippen LogP contribution in [0, 0.1) is 0 Å².